The highest BCUT2D eigenvalue weighted by Gasteiger charge is 2.07. The highest BCUT2D eigenvalue weighted by molar-refractivity contribution is 9.13. The summed E-state index contributed by atoms with van der Waals surface area (Å²) in [7, 11) is 0. The minimum Gasteiger partial charge on any atom is -0.451 e. The Hall–Kier alpha value is -1.27. The van der Waals surface area contributed by atoms with Crippen molar-refractivity contribution in [3.63, 3.8) is 0 Å². The maximum atomic E-state index is 5.58. The maximum absolute atomic E-state index is 5.58. The largest absolute Gasteiger partial charge is 0.451 e. The van der Waals surface area contributed by atoms with Gasteiger partial charge in [-0.15, -0.1) is 0 Å². The van der Waals surface area contributed by atoms with Crippen molar-refractivity contribution < 1.29 is 8.83 Å². The number of benzene rings is 1. The Bertz CT molecular complexity index is 729. The summed E-state index contributed by atoms with van der Waals surface area (Å²) in [5.41, 5.74) is 2.67. The molecular weight excluding hydrogens is 388 g/mol. The van der Waals surface area contributed by atoms with Gasteiger partial charge >= 0.3 is 0 Å². The zero-order valence-electron chi connectivity index (χ0n) is 10.7. The molecule has 0 bridgehead atoms. The quantitative estimate of drug-likeness (QED) is 0.661. The molecule has 104 valence electrons. The molecule has 1 aromatic carbocycles. The van der Waals surface area contributed by atoms with Gasteiger partial charge < -0.3 is 14.2 Å². The van der Waals surface area contributed by atoms with E-state index in [0.29, 0.717) is 11.2 Å². The van der Waals surface area contributed by atoms with E-state index in [2.05, 4.69) is 42.2 Å². The number of anilines is 1. The van der Waals surface area contributed by atoms with E-state index >= 15 is 0 Å². The van der Waals surface area contributed by atoms with Crippen LogP contribution in [0.5, 0.6) is 0 Å². The van der Waals surface area contributed by atoms with Gasteiger partial charge in [0.15, 0.2) is 16.1 Å². The van der Waals surface area contributed by atoms with Crippen LogP contribution in [-0.4, -0.2) is 4.98 Å². The smallest absolute Gasteiger partial charge is 0.195 e. The second-order valence-corrected chi connectivity index (χ2v) is 5.91. The van der Waals surface area contributed by atoms with Crippen LogP contribution in [0.3, 0.4) is 0 Å². The summed E-state index contributed by atoms with van der Waals surface area (Å²) in [6.45, 7) is 2.63. The van der Waals surface area contributed by atoms with Crippen molar-refractivity contribution in [2.24, 2.45) is 0 Å². The summed E-state index contributed by atoms with van der Waals surface area (Å²) in [6.07, 6.45) is 0.798. The molecule has 20 heavy (non-hydrogen) atoms. The van der Waals surface area contributed by atoms with Crippen LogP contribution in [0.15, 0.2) is 42.2 Å². The van der Waals surface area contributed by atoms with Crippen LogP contribution in [-0.2, 0) is 13.0 Å². The van der Waals surface area contributed by atoms with Crippen molar-refractivity contribution >= 4 is 48.6 Å². The van der Waals surface area contributed by atoms with Crippen LogP contribution in [0.25, 0.3) is 11.1 Å². The molecule has 3 rings (SSSR count). The standard InChI is InChI=1S/C14H12Br2N2O2/c1-2-13-18-11-5-8(3-4-12(11)20-13)17-7-9-6-10(15)14(16)19-9/h3-6,17H,2,7H2,1H3. The van der Waals surface area contributed by atoms with Crippen molar-refractivity contribution in [3.05, 3.63) is 45.1 Å². The summed E-state index contributed by atoms with van der Waals surface area (Å²) in [6, 6.07) is 7.81. The molecule has 2 heterocycles. The molecule has 1 N–H and O–H groups in total. The number of nitrogens with zero attached hydrogens (tertiary/aromatic N) is 1. The topological polar surface area (TPSA) is 51.2 Å². The van der Waals surface area contributed by atoms with Crippen molar-refractivity contribution in [2.75, 3.05) is 5.32 Å². The van der Waals surface area contributed by atoms with E-state index in [1.807, 2.05) is 31.2 Å². The number of aryl methyl sites for hydroxylation is 1. The minimum absolute atomic E-state index is 0.605. The van der Waals surface area contributed by atoms with Gasteiger partial charge in [0.2, 0.25) is 0 Å². The second-order valence-electron chi connectivity index (χ2n) is 4.33. The fraction of sp³-hybridized carbons (Fsp3) is 0.214. The van der Waals surface area contributed by atoms with Gasteiger partial charge in [-0.2, -0.15) is 0 Å². The Labute approximate surface area is 132 Å². The highest BCUT2D eigenvalue weighted by atomic mass is 79.9. The number of rotatable bonds is 4. The summed E-state index contributed by atoms with van der Waals surface area (Å²) in [5.74, 6) is 1.61. The Balaban J connectivity index is 1.76. The van der Waals surface area contributed by atoms with Crippen LogP contribution in [0.2, 0.25) is 0 Å². The van der Waals surface area contributed by atoms with Crippen LogP contribution in [0.1, 0.15) is 18.6 Å². The molecule has 6 heteroatoms. The average Bonchev–Trinajstić information content (AvgIpc) is 2.99. The lowest BCUT2D eigenvalue weighted by molar-refractivity contribution is 0.494. The fourth-order valence-electron chi connectivity index (χ4n) is 1.90. The van der Waals surface area contributed by atoms with E-state index in [9.17, 15) is 0 Å². The Morgan fingerprint density at radius 3 is 2.75 bits per heavy atom. The predicted octanol–water partition coefficient (Wildman–Crippen LogP) is 5.12. The second kappa shape index (κ2) is 5.61. The van der Waals surface area contributed by atoms with Gasteiger partial charge in [0.1, 0.15) is 11.3 Å². The van der Waals surface area contributed by atoms with Gasteiger partial charge in [0.25, 0.3) is 0 Å². The summed E-state index contributed by atoms with van der Waals surface area (Å²) < 4.78 is 12.7. The first kappa shape index (κ1) is 13.7. The van der Waals surface area contributed by atoms with Crippen molar-refractivity contribution in [1.29, 1.82) is 0 Å². The van der Waals surface area contributed by atoms with E-state index in [-0.39, 0.29) is 0 Å². The molecule has 0 saturated carbocycles. The number of fused-ring (bicyclic) bond motifs is 1. The van der Waals surface area contributed by atoms with E-state index in [0.717, 1.165) is 39.3 Å². The summed E-state index contributed by atoms with van der Waals surface area (Å²) >= 11 is 6.72. The fourth-order valence-corrected chi connectivity index (χ4v) is 2.56. The first-order valence-electron chi connectivity index (χ1n) is 6.22. The Morgan fingerprint density at radius 1 is 1.20 bits per heavy atom. The van der Waals surface area contributed by atoms with Crippen LogP contribution in [0.4, 0.5) is 5.69 Å². The molecule has 0 atom stereocenters. The first-order chi connectivity index (χ1) is 9.65. The number of hydrogen-bond donors (Lipinski definition) is 1. The molecule has 4 nitrogen and oxygen atoms in total. The normalized spacial score (nSPS) is 11.2. The monoisotopic (exact) mass is 398 g/mol. The lowest BCUT2D eigenvalue weighted by Crippen LogP contribution is -1.97. The van der Waals surface area contributed by atoms with Crippen molar-refractivity contribution in [2.45, 2.75) is 19.9 Å². The number of oxazole rings is 1. The van der Waals surface area contributed by atoms with Gasteiger partial charge in [0, 0.05) is 12.1 Å². The van der Waals surface area contributed by atoms with Crippen molar-refractivity contribution in [3.8, 4) is 0 Å². The van der Waals surface area contributed by atoms with Crippen LogP contribution in [0, 0.1) is 0 Å². The number of aromatic nitrogens is 1. The van der Waals surface area contributed by atoms with Gasteiger partial charge in [-0.05, 0) is 56.1 Å². The molecule has 2 aromatic heterocycles. The summed E-state index contributed by atoms with van der Waals surface area (Å²) in [4.78, 5) is 4.42. The molecule has 0 radical (unpaired) electrons. The molecule has 0 spiro atoms. The average molecular weight is 400 g/mol. The maximum Gasteiger partial charge on any atom is 0.195 e. The molecule has 0 unspecified atom stereocenters. The highest BCUT2D eigenvalue weighted by Crippen LogP contribution is 2.27. The van der Waals surface area contributed by atoms with Gasteiger partial charge in [-0.1, -0.05) is 6.92 Å². The van der Waals surface area contributed by atoms with E-state index < -0.39 is 0 Å². The predicted molar refractivity (Wildman–Crippen MR) is 84.8 cm³/mol. The van der Waals surface area contributed by atoms with Gasteiger partial charge in [-0.3, -0.25) is 0 Å². The number of halogens is 2. The van der Waals surface area contributed by atoms with Crippen LogP contribution < -0.4 is 5.32 Å². The SMILES string of the molecule is CCc1nc2cc(NCc3cc(Br)c(Br)o3)ccc2o1. The third-order valence-corrected chi connectivity index (χ3v) is 4.61. The third kappa shape index (κ3) is 2.76. The number of nitrogens with one attached hydrogen (secondary N) is 1. The first-order valence-corrected chi connectivity index (χ1v) is 7.81. The molecule has 0 aliphatic rings. The zero-order valence-corrected chi connectivity index (χ0v) is 13.9. The van der Waals surface area contributed by atoms with E-state index in [4.69, 9.17) is 8.83 Å². The van der Waals surface area contributed by atoms with E-state index in [1.54, 1.807) is 0 Å². The molecule has 0 amide bonds. The van der Waals surface area contributed by atoms with E-state index in [1.165, 1.54) is 0 Å². The van der Waals surface area contributed by atoms with Gasteiger partial charge in [-0.25, -0.2) is 4.98 Å². The Morgan fingerprint density at radius 2 is 2.05 bits per heavy atom. The molecule has 3 aromatic rings. The number of furan rings is 1. The lowest BCUT2D eigenvalue weighted by Gasteiger charge is -2.03. The zero-order chi connectivity index (χ0) is 14.1. The summed E-state index contributed by atoms with van der Waals surface area (Å²) in [5, 5.41) is 3.30. The minimum atomic E-state index is 0.605. The molecular formula is C14H12Br2N2O2. The lowest BCUT2D eigenvalue weighted by atomic mass is 10.3. The molecule has 0 aliphatic heterocycles. The Kier molecular flexibility index (Phi) is 3.85. The third-order valence-electron chi connectivity index (χ3n) is 2.90. The van der Waals surface area contributed by atoms with Crippen LogP contribution >= 0.6 is 31.9 Å². The molecule has 0 aliphatic carbocycles. The number of hydrogen-bond acceptors (Lipinski definition) is 4. The van der Waals surface area contributed by atoms with Crippen molar-refractivity contribution in [1.82, 2.24) is 4.98 Å². The van der Waals surface area contributed by atoms with Gasteiger partial charge in [0.05, 0.1) is 11.0 Å². The molecule has 0 saturated heterocycles. The molecule has 0 fully saturated rings.